The van der Waals surface area contributed by atoms with Crippen molar-refractivity contribution >= 4 is 33.5 Å². The van der Waals surface area contributed by atoms with Gasteiger partial charge in [-0.1, -0.05) is 33.6 Å². The van der Waals surface area contributed by atoms with Crippen LogP contribution < -0.4 is 0 Å². The van der Waals surface area contributed by atoms with E-state index in [1.54, 1.807) is 0 Å². The zero-order valence-corrected chi connectivity index (χ0v) is 12.2. The number of hydrogen-bond donors (Lipinski definition) is 1. The van der Waals surface area contributed by atoms with Gasteiger partial charge in [0.15, 0.2) is 0 Å². The van der Waals surface area contributed by atoms with Gasteiger partial charge in [0, 0.05) is 22.6 Å². The fourth-order valence-corrected chi connectivity index (χ4v) is 3.02. The van der Waals surface area contributed by atoms with E-state index < -0.39 is 5.97 Å². The number of halogens is 2. The van der Waals surface area contributed by atoms with Crippen LogP contribution in [0.4, 0.5) is 0 Å². The van der Waals surface area contributed by atoms with Gasteiger partial charge in [0.05, 0.1) is 5.92 Å². The molecule has 0 bridgehead atoms. The third-order valence-corrected chi connectivity index (χ3v) is 4.11. The largest absolute Gasteiger partial charge is 0.481 e. The van der Waals surface area contributed by atoms with Crippen LogP contribution in [0.1, 0.15) is 18.4 Å². The normalized spacial score (nSPS) is 20.9. The van der Waals surface area contributed by atoms with Crippen LogP contribution in [0, 0.1) is 5.92 Å². The molecule has 1 N–H and O–H groups in total. The molecule has 2 rings (SSSR count). The number of nitrogens with zero attached hydrogens (tertiary/aromatic N) is 1. The van der Waals surface area contributed by atoms with Crippen LogP contribution >= 0.6 is 27.5 Å². The number of rotatable bonds is 3. The first-order valence-electron chi connectivity index (χ1n) is 5.95. The minimum absolute atomic E-state index is 0.243. The summed E-state index contributed by atoms with van der Waals surface area (Å²) >= 11 is 9.55. The zero-order chi connectivity index (χ0) is 13.1. The number of carboxylic acid groups (broad SMARTS) is 1. The third-order valence-electron chi connectivity index (χ3n) is 3.26. The van der Waals surface area contributed by atoms with Gasteiger partial charge < -0.3 is 5.11 Å². The molecule has 0 spiro atoms. The molecule has 0 aromatic heterocycles. The molecule has 5 heteroatoms. The van der Waals surface area contributed by atoms with Crippen molar-refractivity contribution in [2.75, 3.05) is 13.1 Å². The highest BCUT2D eigenvalue weighted by molar-refractivity contribution is 9.10. The molecule has 1 heterocycles. The van der Waals surface area contributed by atoms with E-state index in [1.165, 1.54) is 0 Å². The van der Waals surface area contributed by atoms with Gasteiger partial charge in [-0.15, -0.1) is 0 Å². The average molecular weight is 333 g/mol. The Morgan fingerprint density at radius 1 is 1.56 bits per heavy atom. The van der Waals surface area contributed by atoms with Crippen LogP contribution in [0.2, 0.25) is 5.02 Å². The molecule has 18 heavy (non-hydrogen) atoms. The maximum absolute atomic E-state index is 11.0. The maximum atomic E-state index is 11.0. The van der Waals surface area contributed by atoms with E-state index in [2.05, 4.69) is 20.8 Å². The Balaban J connectivity index is 2.02. The summed E-state index contributed by atoms with van der Waals surface area (Å²) in [7, 11) is 0. The van der Waals surface area contributed by atoms with Crippen LogP contribution in [0.15, 0.2) is 22.7 Å². The van der Waals surface area contributed by atoms with Crippen LogP contribution in [-0.2, 0) is 11.3 Å². The second-order valence-electron chi connectivity index (χ2n) is 4.65. The Hall–Kier alpha value is -0.580. The van der Waals surface area contributed by atoms with E-state index in [9.17, 15) is 4.79 Å². The summed E-state index contributed by atoms with van der Waals surface area (Å²) in [6.07, 6.45) is 1.71. The van der Waals surface area contributed by atoms with Gasteiger partial charge in [-0.2, -0.15) is 0 Å². The second kappa shape index (κ2) is 6.04. The Labute approximate surface area is 120 Å². The number of aliphatic carboxylic acids is 1. The first-order chi connectivity index (χ1) is 8.56. The Bertz CT molecular complexity index is 453. The SMILES string of the molecule is O=C(O)C1CCCN(Cc2ccc(Br)cc2Cl)C1. The summed E-state index contributed by atoms with van der Waals surface area (Å²) in [5.41, 5.74) is 1.05. The van der Waals surface area contributed by atoms with Gasteiger partial charge in [-0.05, 0) is 37.1 Å². The number of likely N-dealkylation sites (tertiary alicyclic amines) is 1. The molecule has 0 radical (unpaired) electrons. The molecule has 98 valence electrons. The summed E-state index contributed by atoms with van der Waals surface area (Å²) < 4.78 is 0.957. The van der Waals surface area contributed by atoms with E-state index in [1.807, 2.05) is 18.2 Å². The molecule has 1 atom stereocenters. The van der Waals surface area contributed by atoms with Gasteiger partial charge in [-0.25, -0.2) is 0 Å². The predicted molar refractivity (Wildman–Crippen MR) is 74.8 cm³/mol. The number of hydrogen-bond acceptors (Lipinski definition) is 2. The van der Waals surface area contributed by atoms with Crippen molar-refractivity contribution in [3.63, 3.8) is 0 Å². The van der Waals surface area contributed by atoms with Crippen LogP contribution in [0.25, 0.3) is 0 Å². The molecule has 1 unspecified atom stereocenters. The third kappa shape index (κ3) is 3.46. The van der Waals surface area contributed by atoms with Crippen molar-refractivity contribution in [3.8, 4) is 0 Å². The first-order valence-corrected chi connectivity index (χ1v) is 7.12. The Morgan fingerprint density at radius 3 is 3.00 bits per heavy atom. The molecule has 1 aliphatic heterocycles. The van der Waals surface area contributed by atoms with Crippen LogP contribution in [0.3, 0.4) is 0 Å². The van der Waals surface area contributed by atoms with Gasteiger partial charge in [0.25, 0.3) is 0 Å². The molecule has 1 saturated heterocycles. The summed E-state index contributed by atoms with van der Waals surface area (Å²) in [4.78, 5) is 13.2. The number of piperidine rings is 1. The first kappa shape index (κ1) is 13.8. The van der Waals surface area contributed by atoms with Crippen molar-refractivity contribution in [2.24, 2.45) is 5.92 Å². The van der Waals surface area contributed by atoms with Crippen molar-refractivity contribution in [1.82, 2.24) is 4.90 Å². The molecule has 1 aromatic carbocycles. The van der Waals surface area contributed by atoms with Crippen molar-refractivity contribution < 1.29 is 9.90 Å². The molecule has 0 saturated carbocycles. The topological polar surface area (TPSA) is 40.5 Å². The number of carbonyl (C=O) groups is 1. The standard InChI is InChI=1S/C13H15BrClNO2/c14-11-4-3-9(12(15)6-11)7-16-5-1-2-10(8-16)13(17)18/h3-4,6,10H,1-2,5,7-8H2,(H,17,18). The molecule has 1 fully saturated rings. The molecule has 1 aromatic rings. The van der Waals surface area contributed by atoms with Gasteiger partial charge in [0.1, 0.15) is 0 Å². The van der Waals surface area contributed by atoms with Crippen LogP contribution in [0.5, 0.6) is 0 Å². The summed E-state index contributed by atoms with van der Waals surface area (Å²) in [6, 6.07) is 5.81. The minimum Gasteiger partial charge on any atom is -0.481 e. The van der Waals surface area contributed by atoms with E-state index in [-0.39, 0.29) is 5.92 Å². The minimum atomic E-state index is -0.693. The lowest BCUT2D eigenvalue weighted by Gasteiger charge is -2.30. The van der Waals surface area contributed by atoms with Crippen molar-refractivity contribution in [2.45, 2.75) is 19.4 Å². The summed E-state index contributed by atoms with van der Waals surface area (Å²) in [5, 5.41) is 9.78. The van der Waals surface area contributed by atoms with Crippen molar-refractivity contribution in [3.05, 3.63) is 33.3 Å². The molecule has 0 amide bonds. The Kier molecular flexibility index (Phi) is 4.65. The average Bonchev–Trinajstić information content (AvgIpc) is 2.33. The number of carboxylic acids is 1. The highest BCUT2D eigenvalue weighted by Gasteiger charge is 2.25. The molecule has 3 nitrogen and oxygen atoms in total. The van der Waals surface area contributed by atoms with E-state index in [0.29, 0.717) is 6.54 Å². The maximum Gasteiger partial charge on any atom is 0.307 e. The zero-order valence-electron chi connectivity index (χ0n) is 9.90. The molecule has 0 aliphatic carbocycles. The van der Waals surface area contributed by atoms with Crippen LogP contribution in [-0.4, -0.2) is 29.1 Å². The lowest BCUT2D eigenvalue weighted by Crippen LogP contribution is -2.38. The highest BCUT2D eigenvalue weighted by Crippen LogP contribution is 2.25. The quantitative estimate of drug-likeness (QED) is 0.922. The highest BCUT2D eigenvalue weighted by atomic mass is 79.9. The summed E-state index contributed by atoms with van der Waals surface area (Å²) in [6.45, 7) is 2.27. The smallest absolute Gasteiger partial charge is 0.307 e. The van der Waals surface area contributed by atoms with Crippen molar-refractivity contribution in [1.29, 1.82) is 0 Å². The second-order valence-corrected chi connectivity index (χ2v) is 5.97. The fraction of sp³-hybridized carbons (Fsp3) is 0.462. The van der Waals surface area contributed by atoms with E-state index in [4.69, 9.17) is 16.7 Å². The lowest BCUT2D eigenvalue weighted by molar-refractivity contribution is -0.143. The van der Waals surface area contributed by atoms with Gasteiger partial charge in [-0.3, -0.25) is 9.69 Å². The monoisotopic (exact) mass is 331 g/mol. The summed E-state index contributed by atoms with van der Waals surface area (Å²) in [5.74, 6) is -0.936. The predicted octanol–water partition coefficient (Wildman–Crippen LogP) is 3.40. The molecular weight excluding hydrogens is 318 g/mol. The lowest BCUT2D eigenvalue weighted by atomic mass is 9.98. The van der Waals surface area contributed by atoms with Gasteiger partial charge >= 0.3 is 5.97 Å². The molecule has 1 aliphatic rings. The number of benzene rings is 1. The fourth-order valence-electron chi connectivity index (χ4n) is 2.29. The molecular formula is C13H15BrClNO2. The van der Waals surface area contributed by atoms with E-state index in [0.717, 1.165) is 41.0 Å². The van der Waals surface area contributed by atoms with E-state index >= 15 is 0 Å². The Morgan fingerprint density at radius 2 is 2.33 bits per heavy atom. The van der Waals surface area contributed by atoms with Gasteiger partial charge in [0.2, 0.25) is 0 Å².